The smallest absolute Gasteiger partial charge is 0.228 e. The zero-order valence-electron chi connectivity index (χ0n) is 13.9. The second-order valence-corrected chi connectivity index (χ2v) is 6.26. The molecule has 1 aliphatic rings. The first-order chi connectivity index (χ1) is 12.1. The lowest BCUT2D eigenvalue weighted by Gasteiger charge is -2.20. The van der Waals surface area contributed by atoms with Gasteiger partial charge in [0.15, 0.2) is 0 Å². The quantitative estimate of drug-likeness (QED) is 0.887. The maximum absolute atomic E-state index is 12.3. The zero-order valence-corrected chi connectivity index (χ0v) is 14.7. The molecule has 0 aromatic heterocycles. The number of methoxy groups -OCH3 is 1. The molecule has 0 aliphatic carbocycles. The van der Waals surface area contributed by atoms with Gasteiger partial charge in [0.25, 0.3) is 0 Å². The number of halogens is 1. The predicted octanol–water partition coefficient (Wildman–Crippen LogP) is 3.66. The van der Waals surface area contributed by atoms with E-state index in [9.17, 15) is 9.59 Å². The summed E-state index contributed by atoms with van der Waals surface area (Å²) in [5, 5.41) is 3.42. The SMILES string of the molecule is COc1ccc(NC(=O)Cc2ccccc2Cl)cc1N1CCCC1=O. The number of carbonyl (C=O) groups excluding carboxylic acids is 2. The summed E-state index contributed by atoms with van der Waals surface area (Å²) in [5.74, 6) is 0.508. The number of hydrogen-bond acceptors (Lipinski definition) is 3. The molecule has 1 heterocycles. The highest BCUT2D eigenvalue weighted by Crippen LogP contribution is 2.34. The van der Waals surface area contributed by atoms with Crippen LogP contribution in [0.2, 0.25) is 5.02 Å². The van der Waals surface area contributed by atoms with Gasteiger partial charge >= 0.3 is 0 Å². The van der Waals surface area contributed by atoms with Gasteiger partial charge in [0.1, 0.15) is 5.75 Å². The van der Waals surface area contributed by atoms with E-state index >= 15 is 0 Å². The van der Waals surface area contributed by atoms with Crippen molar-refractivity contribution in [3.63, 3.8) is 0 Å². The number of ether oxygens (including phenoxy) is 1. The van der Waals surface area contributed by atoms with E-state index in [1.807, 2.05) is 18.2 Å². The fourth-order valence-electron chi connectivity index (χ4n) is 2.90. The van der Waals surface area contributed by atoms with Crippen molar-refractivity contribution in [2.45, 2.75) is 19.3 Å². The van der Waals surface area contributed by atoms with Crippen molar-refractivity contribution < 1.29 is 14.3 Å². The van der Waals surface area contributed by atoms with Crippen molar-refractivity contribution in [3.05, 3.63) is 53.1 Å². The highest BCUT2D eigenvalue weighted by atomic mass is 35.5. The summed E-state index contributed by atoms with van der Waals surface area (Å²) in [5.41, 5.74) is 2.07. The van der Waals surface area contributed by atoms with Crippen molar-refractivity contribution in [1.82, 2.24) is 0 Å². The van der Waals surface area contributed by atoms with Crippen LogP contribution in [0.5, 0.6) is 5.75 Å². The van der Waals surface area contributed by atoms with Crippen molar-refractivity contribution in [2.24, 2.45) is 0 Å². The molecule has 0 saturated carbocycles. The Morgan fingerprint density at radius 3 is 2.76 bits per heavy atom. The Hall–Kier alpha value is -2.53. The number of carbonyl (C=O) groups is 2. The number of rotatable bonds is 5. The number of benzene rings is 2. The second kappa shape index (κ2) is 7.57. The van der Waals surface area contributed by atoms with Gasteiger partial charge in [-0.15, -0.1) is 0 Å². The van der Waals surface area contributed by atoms with Gasteiger partial charge in [0, 0.05) is 23.7 Å². The van der Waals surface area contributed by atoms with Gasteiger partial charge in [-0.2, -0.15) is 0 Å². The summed E-state index contributed by atoms with van der Waals surface area (Å²) >= 11 is 6.10. The van der Waals surface area contributed by atoms with Gasteiger partial charge in [-0.3, -0.25) is 9.59 Å². The molecule has 0 unspecified atom stereocenters. The number of hydrogen-bond donors (Lipinski definition) is 1. The number of nitrogens with zero attached hydrogens (tertiary/aromatic N) is 1. The van der Waals surface area contributed by atoms with E-state index in [0.29, 0.717) is 35.1 Å². The normalized spacial score (nSPS) is 13.8. The molecule has 0 spiro atoms. The third-order valence-electron chi connectivity index (χ3n) is 4.14. The Morgan fingerprint density at radius 1 is 1.28 bits per heavy atom. The van der Waals surface area contributed by atoms with Crippen LogP contribution in [0.25, 0.3) is 0 Å². The minimum atomic E-state index is -0.169. The fourth-order valence-corrected chi connectivity index (χ4v) is 3.10. The zero-order chi connectivity index (χ0) is 17.8. The van der Waals surface area contributed by atoms with Crippen molar-refractivity contribution in [2.75, 3.05) is 23.9 Å². The third kappa shape index (κ3) is 3.94. The average Bonchev–Trinajstić information content (AvgIpc) is 3.03. The van der Waals surface area contributed by atoms with E-state index in [-0.39, 0.29) is 18.2 Å². The standard InChI is InChI=1S/C19H19ClN2O3/c1-25-17-9-8-14(12-16(17)22-10-4-7-19(22)24)21-18(23)11-13-5-2-3-6-15(13)20/h2-3,5-6,8-9,12H,4,7,10-11H2,1H3,(H,21,23). The maximum atomic E-state index is 12.3. The van der Waals surface area contributed by atoms with E-state index in [1.54, 1.807) is 36.3 Å². The van der Waals surface area contributed by atoms with Gasteiger partial charge < -0.3 is 15.0 Å². The molecule has 0 radical (unpaired) electrons. The highest BCUT2D eigenvalue weighted by molar-refractivity contribution is 6.31. The minimum absolute atomic E-state index is 0.0674. The molecule has 2 aromatic carbocycles. The first-order valence-corrected chi connectivity index (χ1v) is 8.48. The average molecular weight is 359 g/mol. The Labute approximate surface area is 151 Å². The molecular weight excluding hydrogens is 340 g/mol. The van der Waals surface area contributed by atoms with Crippen LogP contribution in [-0.4, -0.2) is 25.5 Å². The van der Waals surface area contributed by atoms with E-state index in [0.717, 1.165) is 12.0 Å². The first-order valence-electron chi connectivity index (χ1n) is 8.10. The molecular formula is C19H19ClN2O3. The molecule has 5 nitrogen and oxygen atoms in total. The Bertz CT molecular complexity index is 807. The maximum Gasteiger partial charge on any atom is 0.228 e. The molecule has 1 saturated heterocycles. The van der Waals surface area contributed by atoms with Gasteiger partial charge in [0.05, 0.1) is 19.2 Å². The van der Waals surface area contributed by atoms with Crippen molar-refractivity contribution in [3.8, 4) is 5.75 Å². The van der Waals surface area contributed by atoms with Crippen LogP contribution in [0.4, 0.5) is 11.4 Å². The van der Waals surface area contributed by atoms with Crippen molar-refractivity contribution >= 4 is 34.8 Å². The lowest BCUT2D eigenvalue weighted by Crippen LogP contribution is -2.24. The topological polar surface area (TPSA) is 58.6 Å². The molecule has 6 heteroatoms. The van der Waals surface area contributed by atoms with E-state index in [2.05, 4.69) is 5.32 Å². The monoisotopic (exact) mass is 358 g/mol. The van der Waals surface area contributed by atoms with E-state index < -0.39 is 0 Å². The lowest BCUT2D eigenvalue weighted by atomic mass is 10.1. The second-order valence-electron chi connectivity index (χ2n) is 5.85. The van der Waals surface area contributed by atoms with Gasteiger partial charge in [-0.1, -0.05) is 29.8 Å². The molecule has 1 fully saturated rings. The summed E-state index contributed by atoms with van der Waals surface area (Å²) in [4.78, 5) is 26.0. The fraction of sp³-hybridized carbons (Fsp3) is 0.263. The molecule has 0 atom stereocenters. The summed E-state index contributed by atoms with van der Waals surface area (Å²) < 4.78 is 5.35. The summed E-state index contributed by atoms with van der Waals surface area (Å²) in [6, 6.07) is 12.5. The molecule has 3 rings (SSSR count). The van der Waals surface area contributed by atoms with Crippen LogP contribution in [-0.2, 0) is 16.0 Å². The Morgan fingerprint density at radius 2 is 2.08 bits per heavy atom. The minimum Gasteiger partial charge on any atom is -0.495 e. The molecule has 1 N–H and O–H groups in total. The van der Waals surface area contributed by atoms with Crippen LogP contribution in [0.1, 0.15) is 18.4 Å². The Balaban J connectivity index is 1.77. The molecule has 0 bridgehead atoms. The van der Waals surface area contributed by atoms with Crippen LogP contribution >= 0.6 is 11.6 Å². The van der Waals surface area contributed by atoms with Gasteiger partial charge in [-0.05, 0) is 36.2 Å². The summed E-state index contributed by atoms with van der Waals surface area (Å²) in [7, 11) is 1.56. The van der Waals surface area contributed by atoms with Crippen LogP contribution in [0, 0.1) is 0 Å². The molecule has 130 valence electrons. The molecule has 1 aliphatic heterocycles. The molecule has 2 amide bonds. The first kappa shape index (κ1) is 17.3. The molecule has 2 aromatic rings. The van der Waals surface area contributed by atoms with E-state index in [1.165, 1.54) is 0 Å². The van der Waals surface area contributed by atoms with Gasteiger partial charge in [0.2, 0.25) is 11.8 Å². The van der Waals surface area contributed by atoms with Crippen LogP contribution in [0.15, 0.2) is 42.5 Å². The third-order valence-corrected chi connectivity index (χ3v) is 4.50. The Kier molecular flexibility index (Phi) is 5.24. The molecule has 25 heavy (non-hydrogen) atoms. The lowest BCUT2D eigenvalue weighted by molar-refractivity contribution is -0.117. The number of nitrogens with one attached hydrogen (secondary N) is 1. The summed E-state index contributed by atoms with van der Waals surface area (Å²) in [6.45, 7) is 0.659. The predicted molar refractivity (Wildman–Crippen MR) is 98.4 cm³/mol. The van der Waals surface area contributed by atoms with Crippen molar-refractivity contribution in [1.29, 1.82) is 0 Å². The highest BCUT2D eigenvalue weighted by Gasteiger charge is 2.24. The van der Waals surface area contributed by atoms with Crippen LogP contribution < -0.4 is 15.0 Å². The largest absolute Gasteiger partial charge is 0.495 e. The summed E-state index contributed by atoms with van der Waals surface area (Å²) in [6.07, 6.45) is 1.54. The van der Waals surface area contributed by atoms with Crippen LogP contribution in [0.3, 0.4) is 0 Å². The number of amides is 2. The van der Waals surface area contributed by atoms with Gasteiger partial charge in [-0.25, -0.2) is 0 Å². The number of anilines is 2. The van der Waals surface area contributed by atoms with E-state index in [4.69, 9.17) is 16.3 Å².